The number of nitrogen functional groups attached to an aromatic ring is 1. The molecule has 2 saturated heterocycles. The number of non-ortho nitro benzene ring substituents is 1. The molecule has 2 aliphatic rings. The second-order valence-corrected chi connectivity index (χ2v) is 23.7. The minimum absolute atomic E-state index is 0.0296. The molecule has 0 saturated carbocycles. The van der Waals surface area contributed by atoms with E-state index in [0.717, 1.165) is 27.6 Å². The van der Waals surface area contributed by atoms with Crippen molar-refractivity contribution in [1.29, 1.82) is 0 Å². The average Bonchev–Trinajstić information content (AvgIpc) is 4.15. The highest BCUT2D eigenvalue weighted by atomic mass is 32.2. The van der Waals surface area contributed by atoms with Crippen LogP contribution in [-0.4, -0.2) is 168 Å². The Morgan fingerprint density at radius 1 is 0.696 bits per heavy atom. The number of hydrogen-bond donors (Lipinski definition) is 5. The molecular formula is C54H74N6O17S2. The van der Waals surface area contributed by atoms with Crippen LogP contribution >= 0.6 is 0 Å². The molecule has 0 aromatic heterocycles. The first-order valence-electron chi connectivity index (χ1n) is 26.0. The van der Waals surface area contributed by atoms with E-state index in [4.69, 9.17) is 39.3 Å². The van der Waals surface area contributed by atoms with Crippen molar-refractivity contribution in [2.45, 2.75) is 99.7 Å². The van der Waals surface area contributed by atoms with Crippen LogP contribution in [0.4, 0.5) is 21.0 Å². The number of nitro groups is 1. The van der Waals surface area contributed by atoms with E-state index in [1.807, 2.05) is 88.4 Å². The summed E-state index contributed by atoms with van der Waals surface area (Å²) >= 11 is 0. The molecule has 6 rings (SSSR count). The smallest absolute Gasteiger partial charge is 0.407 e. The topological polar surface area (TPSA) is 315 Å². The number of rotatable bonds is 28. The second-order valence-electron chi connectivity index (χ2n) is 19.8. The molecular weight excluding hydrogens is 1070 g/mol. The third-order valence-electron chi connectivity index (χ3n) is 12.3. The maximum Gasteiger partial charge on any atom is 0.407 e. The maximum absolute atomic E-state index is 13.8. The molecule has 6 N–H and O–H groups in total. The van der Waals surface area contributed by atoms with Crippen molar-refractivity contribution in [2.75, 3.05) is 78.2 Å². The summed E-state index contributed by atoms with van der Waals surface area (Å²) in [5, 5.41) is 36.7. The lowest BCUT2D eigenvalue weighted by Crippen LogP contribution is -2.53. The molecule has 2 amide bonds. The van der Waals surface area contributed by atoms with E-state index in [9.17, 15) is 46.4 Å². The summed E-state index contributed by atoms with van der Waals surface area (Å²) in [5.41, 5.74) is 7.62. The summed E-state index contributed by atoms with van der Waals surface area (Å²) in [5.74, 6) is -0.932. The van der Waals surface area contributed by atoms with Crippen molar-refractivity contribution in [3.63, 3.8) is 0 Å². The number of carbonyl (C=O) groups is 3. The molecule has 4 aromatic carbocycles. The molecule has 6 atom stereocenters. The van der Waals surface area contributed by atoms with E-state index in [1.54, 1.807) is 0 Å². The van der Waals surface area contributed by atoms with E-state index in [-0.39, 0.29) is 92.3 Å². The summed E-state index contributed by atoms with van der Waals surface area (Å²) < 4.78 is 89.2. The lowest BCUT2D eigenvalue weighted by molar-refractivity contribution is -0.384. The van der Waals surface area contributed by atoms with Gasteiger partial charge in [-0.2, -0.15) is 8.61 Å². The monoisotopic (exact) mass is 1140 g/mol. The van der Waals surface area contributed by atoms with Gasteiger partial charge in [0, 0.05) is 50.3 Å². The van der Waals surface area contributed by atoms with Crippen molar-refractivity contribution in [3.8, 4) is 0 Å². The minimum Gasteiger partial charge on any atom is -0.457 e. The Bertz CT molecular complexity index is 2730. The highest BCUT2D eigenvalue weighted by molar-refractivity contribution is 7.89. The van der Waals surface area contributed by atoms with Crippen molar-refractivity contribution in [2.24, 2.45) is 11.8 Å². The van der Waals surface area contributed by atoms with Gasteiger partial charge in [-0.05, 0) is 72.2 Å². The first-order valence-corrected chi connectivity index (χ1v) is 28.9. The number of nitrogens with two attached hydrogens (primary N) is 1. The van der Waals surface area contributed by atoms with Crippen LogP contribution in [0.1, 0.15) is 51.7 Å². The molecule has 0 spiro atoms. The number of aliphatic hydroxyl groups is 2. The molecule has 0 radical (unpaired) electrons. The van der Waals surface area contributed by atoms with E-state index in [0.29, 0.717) is 38.3 Å². The summed E-state index contributed by atoms with van der Waals surface area (Å²) in [4.78, 5) is 48.7. The predicted molar refractivity (Wildman–Crippen MR) is 290 cm³/mol. The Morgan fingerprint density at radius 2 is 1.15 bits per heavy atom. The number of amides is 2. The number of hydrogen-bond acceptors (Lipinski definition) is 18. The Balaban J connectivity index is 0.000000293. The summed E-state index contributed by atoms with van der Waals surface area (Å²) in [6.45, 7) is 7.79. The van der Waals surface area contributed by atoms with Crippen molar-refractivity contribution >= 4 is 49.6 Å². The van der Waals surface area contributed by atoms with Crippen LogP contribution in [0, 0.1) is 22.0 Å². The maximum atomic E-state index is 13.8. The van der Waals surface area contributed by atoms with Crippen LogP contribution in [0.2, 0.25) is 0 Å². The van der Waals surface area contributed by atoms with Crippen LogP contribution < -0.4 is 16.4 Å². The highest BCUT2D eigenvalue weighted by Gasteiger charge is 2.37. The summed E-state index contributed by atoms with van der Waals surface area (Å²) in [6.07, 6.45) is -3.08. The van der Waals surface area contributed by atoms with Gasteiger partial charge >= 0.3 is 18.2 Å². The number of anilines is 1. The number of benzene rings is 4. The fourth-order valence-corrected chi connectivity index (χ4v) is 11.7. The Hall–Kier alpha value is -6.29. The molecule has 25 heteroatoms. The van der Waals surface area contributed by atoms with Gasteiger partial charge < -0.3 is 55.0 Å². The van der Waals surface area contributed by atoms with Crippen LogP contribution in [0.15, 0.2) is 119 Å². The third kappa shape index (κ3) is 21.0. The van der Waals surface area contributed by atoms with Crippen LogP contribution in [0.5, 0.6) is 0 Å². The Labute approximate surface area is 461 Å². The van der Waals surface area contributed by atoms with Gasteiger partial charge in [0.15, 0.2) is 0 Å². The first kappa shape index (κ1) is 63.5. The van der Waals surface area contributed by atoms with Gasteiger partial charge in [-0.1, -0.05) is 88.4 Å². The number of aliphatic hydroxyl groups excluding tert-OH is 2. The first-order chi connectivity index (χ1) is 37.6. The fourth-order valence-electron chi connectivity index (χ4n) is 8.42. The molecule has 0 aliphatic carbocycles. The number of nitrogens with one attached hydrogen (secondary N) is 2. The summed E-state index contributed by atoms with van der Waals surface area (Å²) in [7, 11) is -8.15. The Morgan fingerprint density at radius 3 is 1.59 bits per heavy atom. The molecule has 0 bridgehead atoms. The van der Waals surface area contributed by atoms with Gasteiger partial charge in [0.2, 0.25) is 20.0 Å². The van der Waals surface area contributed by atoms with Crippen LogP contribution in [0.3, 0.4) is 0 Å². The number of carbonyl (C=O) groups excluding carboxylic acids is 3. The van der Waals surface area contributed by atoms with E-state index < -0.39 is 80.1 Å². The number of ether oxygens (including phenoxy) is 6. The summed E-state index contributed by atoms with van der Waals surface area (Å²) in [6, 6.07) is 27.1. The quantitative estimate of drug-likeness (QED) is 0.0129. The number of esters is 1. The van der Waals surface area contributed by atoms with Gasteiger partial charge in [0.05, 0.1) is 79.1 Å². The molecule has 4 aromatic rings. The SMILES string of the molecule is CC(C)CN(CC(O)[C@H](Cc1ccccc1)NC(=O)OC1CCOC1)S(=O)(=O)c1ccc([N+](=O)[O-])cc1.CC(C)CN(C[C@@H](OC(=O)COCCO)[C@H](Cc1ccccc1)NC(=O)O[C@H]1CCOC1)S(=O)(=O)c1ccc(N)cc1. The van der Waals surface area contributed by atoms with Gasteiger partial charge in [-0.3, -0.25) is 10.1 Å². The molecule has 434 valence electrons. The number of sulfonamides is 2. The lowest BCUT2D eigenvalue weighted by Gasteiger charge is -2.33. The third-order valence-corrected chi connectivity index (χ3v) is 16.0. The zero-order valence-corrected chi connectivity index (χ0v) is 46.5. The van der Waals surface area contributed by atoms with Gasteiger partial charge in [-0.25, -0.2) is 31.2 Å². The largest absolute Gasteiger partial charge is 0.457 e. The van der Waals surface area contributed by atoms with Gasteiger partial charge in [0.25, 0.3) is 5.69 Å². The standard InChI is InChI=1S/C29H41N3O9S.C25H33N3O8S/c1-21(2)17-32(42(36,37)25-10-8-23(30)9-11-25)18-27(41-28(34)20-39-15-13-33)26(16-22-6-4-3-5-7-22)31-29(35)40-24-12-14-38-19-24;1-18(2)15-27(37(33,34)22-10-8-20(9-11-22)28(31)32)16-24(29)23(14-19-6-4-3-5-7-19)26-25(30)36-21-12-13-35-17-21/h3-11,21,24,26-27,33H,12-20,30H2,1-2H3,(H,31,35);3-11,18,21,23-24,29H,12-17H2,1-2H3,(H,26,30)/t24-,26-,27+;21?,23-,24?/m00/s1. The van der Waals surface area contributed by atoms with Gasteiger partial charge in [-0.15, -0.1) is 0 Å². The number of nitro benzene ring substituents is 1. The van der Waals surface area contributed by atoms with Crippen molar-refractivity contribution in [3.05, 3.63) is 130 Å². The van der Waals surface area contributed by atoms with E-state index >= 15 is 0 Å². The highest BCUT2D eigenvalue weighted by Crippen LogP contribution is 2.24. The lowest BCUT2D eigenvalue weighted by atomic mass is 10.0. The minimum atomic E-state index is -4.10. The average molecular weight is 1140 g/mol. The fraction of sp³-hybridized carbons (Fsp3) is 0.500. The molecule has 23 nitrogen and oxygen atoms in total. The number of nitrogens with zero attached hydrogens (tertiary/aromatic N) is 3. The van der Waals surface area contributed by atoms with Crippen molar-refractivity contribution < 1.29 is 74.8 Å². The number of alkyl carbamates (subject to hydrolysis) is 2. The van der Waals surface area contributed by atoms with E-state index in [1.165, 1.54) is 40.7 Å². The second kappa shape index (κ2) is 31.5. The van der Waals surface area contributed by atoms with Gasteiger partial charge in [0.1, 0.15) is 24.9 Å². The van der Waals surface area contributed by atoms with Crippen LogP contribution in [0.25, 0.3) is 0 Å². The zero-order chi connectivity index (χ0) is 57.5. The predicted octanol–water partition coefficient (Wildman–Crippen LogP) is 4.69. The van der Waals surface area contributed by atoms with Crippen LogP contribution in [-0.2, 0) is 66.1 Å². The normalized spacial score (nSPS) is 17.1. The zero-order valence-electron chi connectivity index (χ0n) is 44.9. The van der Waals surface area contributed by atoms with E-state index in [2.05, 4.69) is 10.6 Å². The Kier molecular flexibility index (Phi) is 25.3. The molecule has 2 unspecified atom stereocenters. The van der Waals surface area contributed by atoms with Crippen molar-refractivity contribution in [1.82, 2.24) is 19.2 Å². The molecule has 2 fully saturated rings. The molecule has 2 aliphatic heterocycles. The molecule has 2 heterocycles. The molecule has 79 heavy (non-hydrogen) atoms.